The highest BCUT2D eigenvalue weighted by atomic mass is 16.5. The van der Waals surface area contributed by atoms with Crippen LogP contribution < -0.4 is 4.74 Å². The average molecular weight is 280 g/mol. The molecule has 21 heavy (non-hydrogen) atoms. The monoisotopic (exact) mass is 280 g/mol. The summed E-state index contributed by atoms with van der Waals surface area (Å²) in [5.41, 5.74) is 3.47. The molecule has 0 spiro atoms. The Labute approximate surface area is 126 Å². The normalized spacial score (nSPS) is 10.7. The molecule has 0 heterocycles. The quantitative estimate of drug-likeness (QED) is 0.691. The lowest BCUT2D eigenvalue weighted by molar-refractivity contribution is 0.233. The van der Waals surface area contributed by atoms with E-state index in [4.69, 9.17) is 9.47 Å². The predicted molar refractivity (Wildman–Crippen MR) is 88.5 cm³/mol. The highest BCUT2D eigenvalue weighted by molar-refractivity contribution is 5.74. The smallest absolute Gasteiger partial charge is 0.119 e. The summed E-state index contributed by atoms with van der Waals surface area (Å²) in [4.78, 5) is 0. The molecule has 2 rings (SSSR count). The third-order valence-electron chi connectivity index (χ3n) is 3.12. The van der Waals surface area contributed by atoms with E-state index in [-0.39, 0.29) is 0 Å². The van der Waals surface area contributed by atoms with E-state index in [9.17, 15) is 0 Å². The van der Waals surface area contributed by atoms with Crippen molar-refractivity contribution in [3.8, 4) is 16.9 Å². The Balaban J connectivity index is 2.03. The summed E-state index contributed by atoms with van der Waals surface area (Å²) >= 11 is 0. The van der Waals surface area contributed by atoms with Crippen molar-refractivity contribution in [2.24, 2.45) is 0 Å². The van der Waals surface area contributed by atoms with Gasteiger partial charge in [-0.3, -0.25) is 0 Å². The molecular weight excluding hydrogens is 260 g/mol. The fraction of sp³-hybridized carbons (Fsp3) is 0.158. The molecule has 0 amide bonds. The van der Waals surface area contributed by atoms with Crippen LogP contribution in [0.15, 0.2) is 67.3 Å². The van der Waals surface area contributed by atoms with Gasteiger partial charge in [0.15, 0.2) is 0 Å². The zero-order valence-electron chi connectivity index (χ0n) is 12.3. The zero-order chi connectivity index (χ0) is 14.9. The van der Waals surface area contributed by atoms with Crippen LogP contribution in [0, 0.1) is 0 Å². The van der Waals surface area contributed by atoms with Crippen LogP contribution in [0.4, 0.5) is 0 Å². The van der Waals surface area contributed by atoms with Gasteiger partial charge >= 0.3 is 0 Å². The van der Waals surface area contributed by atoms with Crippen molar-refractivity contribution in [3.05, 3.63) is 72.8 Å². The maximum absolute atomic E-state index is 5.64. The minimum Gasteiger partial charge on any atom is -0.490 e. The first-order valence-corrected chi connectivity index (χ1v) is 6.94. The second kappa shape index (κ2) is 8.08. The maximum Gasteiger partial charge on any atom is 0.119 e. The minimum atomic E-state index is 0.548. The fourth-order valence-electron chi connectivity index (χ4n) is 2.05. The summed E-state index contributed by atoms with van der Waals surface area (Å²) in [5.74, 6) is 0.858. The van der Waals surface area contributed by atoms with Crippen LogP contribution in [0.2, 0.25) is 0 Å². The molecule has 2 aromatic carbocycles. The third-order valence-corrected chi connectivity index (χ3v) is 3.12. The van der Waals surface area contributed by atoms with Crippen LogP contribution in [0.5, 0.6) is 5.75 Å². The van der Waals surface area contributed by atoms with Crippen molar-refractivity contribution < 1.29 is 9.47 Å². The summed E-state index contributed by atoms with van der Waals surface area (Å²) in [5, 5.41) is 0. The van der Waals surface area contributed by atoms with E-state index in [2.05, 4.69) is 30.8 Å². The molecule has 0 fully saturated rings. The van der Waals surface area contributed by atoms with E-state index < -0.39 is 0 Å². The summed E-state index contributed by atoms with van der Waals surface area (Å²) in [6.45, 7) is 5.02. The molecule has 0 radical (unpaired) electrons. The largest absolute Gasteiger partial charge is 0.490 e. The Kier molecular flexibility index (Phi) is 5.80. The SMILES string of the molecule is C=Cc1ccccc1-c1ccc(OC/C=C/COC)cc1. The van der Waals surface area contributed by atoms with Gasteiger partial charge in [-0.15, -0.1) is 0 Å². The first-order valence-electron chi connectivity index (χ1n) is 6.94. The van der Waals surface area contributed by atoms with Gasteiger partial charge in [-0.1, -0.05) is 55.1 Å². The molecule has 2 aromatic rings. The summed E-state index contributed by atoms with van der Waals surface area (Å²) in [7, 11) is 1.67. The number of rotatable bonds is 7. The van der Waals surface area contributed by atoms with Crippen LogP contribution in [0.3, 0.4) is 0 Å². The van der Waals surface area contributed by atoms with E-state index >= 15 is 0 Å². The molecule has 0 saturated heterocycles. The van der Waals surface area contributed by atoms with E-state index in [1.165, 1.54) is 5.56 Å². The van der Waals surface area contributed by atoms with Gasteiger partial charge in [-0.2, -0.15) is 0 Å². The summed E-state index contributed by atoms with van der Waals surface area (Å²) in [6.07, 6.45) is 5.76. The third kappa shape index (κ3) is 4.33. The molecule has 0 aliphatic carbocycles. The number of hydrogen-bond donors (Lipinski definition) is 0. The van der Waals surface area contributed by atoms with E-state index in [0.717, 1.165) is 16.9 Å². The fourth-order valence-corrected chi connectivity index (χ4v) is 2.05. The van der Waals surface area contributed by atoms with E-state index in [1.54, 1.807) is 7.11 Å². The minimum absolute atomic E-state index is 0.548. The first-order chi connectivity index (χ1) is 10.3. The molecule has 0 unspecified atom stereocenters. The van der Waals surface area contributed by atoms with E-state index in [1.807, 2.05) is 42.5 Å². The lowest BCUT2D eigenvalue weighted by atomic mass is 10.00. The van der Waals surface area contributed by atoms with Crippen molar-refractivity contribution in [2.45, 2.75) is 0 Å². The molecule has 2 nitrogen and oxygen atoms in total. The summed E-state index contributed by atoms with van der Waals surface area (Å²) < 4.78 is 10.6. The van der Waals surface area contributed by atoms with Gasteiger partial charge in [0.1, 0.15) is 12.4 Å². The van der Waals surface area contributed by atoms with Crippen molar-refractivity contribution in [1.82, 2.24) is 0 Å². The van der Waals surface area contributed by atoms with Gasteiger partial charge in [0.2, 0.25) is 0 Å². The van der Waals surface area contributed by atoms with Crippen LogP contribution in [0.1, 0.15) is 5.56 Å². The molecule has 108 valence electrons. The van der Waals surface area contributed by atoms with Crippen LogP contribution in [-0.2, 0) is 4.74 Å². The first kappa shape index (κ1) is 15.1. The van der Waals surface area contributed by atoms with Crippen molar-refractivity contribution >= 4 is 6.08 Å². The second-order valence-corrected chi connectivity index (χ2v) is 4.55. The molecule has 0 aliphatic heterocycles. The molecule has 2 heteroatoms. The van der Waals surface area contributed by atoms with Gasteiger partial charge < -0.3 is 9.47 Å². The number of benzene rings is 2. The topological polar surface area (TPSA) is 18.5 Å². The van der Waals surface area contributed by atoms with Crippen molar-refractivity contribution in [1.29, 1.82) is 0 Å². The standard InChI is InChI=1S/C19H20O2/c1-3-16-8-4-5-9-19(16)17-10-12-18(13-11-17)21-15-7-6-14-20-2/h3-13H,1,14-15H2,2H3/b7-6+. The van der Waals surface area contributed by atoms with Gasteiger partial charge in [-0.25, -0.2) is 0 Å². The molecule has 0 aromatic heterocycles. The molecule has 0 bridgehead atoms. The predicted octanol–water partition coefficient (Wildman–Crippen LogP) is 4.58. The Hall–Kier alpha value is -2.32. The molecule has 0 N–H and O–H groups in total. The van der Waals surface area contributed by atoms with Gasteiger partial charge in [0, 0.05) is 7.11 Å². The Morgan fingerprint density at radius 3 is 2.38 bits per heavy atom. The molecule has 0 atom stereocenters. The second-order valence-electron chi connectivity index (χ2n) is 4.55. The zero-order valence-corrected chi connectivity index (χ0v) is 12.3. The van der Waals surface area contributed by atoms with Crippen LogP contribution in [0.25, 0.3) is 17.2 Å². The van der Waals surface area contributed by atoms with Gasteiger partial charge in [0.25, 0.3) is 0 Å². The number of methoxy groups -OCH3 is 1. The molecule has 0 saturated carbocycles. The summed E-state index contributed by atoms with van der Waals surface area (Å²) in [6, 6.07) is 16.3. The van der Waals surface area contributed by atoms with Crippen LogP contribution >= 0.6 is 0 Å². The van der Waals surface area contributed by atoms with Gasteiger partial charge in [0.05, 0.1) is 6.61 Å². The molecular formula is C19H20O2. The van der Waals surface area contributed by atoms with Crippen molar-refractivity contribution in [2.75, 3.05) is 20.3 Å². The lowest BCUT2D eigenvalue weighted by Gasteiger charge is -2.08. The van der Waals surface area contributed by atoms with Crippen molar-refractivity contribution in [3.63, 3.8) is 0 Å². The lowest BCUT2D eigenvalue weighted by Crippen LogP contribution is -1.94. The Morgan fingerprint density at radius 2 is 1.67 bits per heavy atom. The van der Waals surface area contributed by atoms with Gasteiger partial charge in [-0.05, 0) is 34.9 Å². The average Bonchev–Trinajstić information content (AvgIpc) is 2.55. The number of ether oxygens (including phenoxy) is 2. The highest BCUT2D eigenvalue weighted by Gasteiger charge is 2.02. The highest BCUT2D eigenvalue weighted by Crippen LogP contribution is 2.26. The number of hydrogen-bond acceptors (Lipinski definition) is 2. The molecule has 0 aliphatic rings. The van der Waals surface area contributed by atoms with E-state index in [0.29, 0.717) is 13.2 Å². The maximum atomic E-state index is 5.64. The Bertz CT molecular complexity index is 597. The van der Waals surface area contributed by atoms with Crippen LogP contribution in [-0.4, -0.2) is 20.3 Å². The Morgan fingerprint density at radius 1 is 0.952 bits per heavy atom.